The van der Waals surface area contributed by atoms with Crippen LogP contribution in [0.5, 0.6) is 0 Å². The van der Waals surface area contributed by atoms with Gasteiger partial charge in [-0.05, 0) is 35.7 Å². The summed E-state index contributed by atoms with van der Waals surface area (Å²) in [6.07, 6.45) is 1.58. The van der Waals surface area contributed by atoms with E-state index in [1.54, 1.807) is 53.6 Å². The van der Waals surface area contributed by atoms with E-state index in [1.807, 2.05) is 26.0 Å². The number of para-hydroxylation sites is 1. The van der Waals surface area contributed by atoms with E-state index in [-0.39, 0.29) is 22.5 Å². The Hall–Kier alpha value is -2.77. The maximum absolute atomic E-state index is 13.0. The minimum absolute atomic E-state index is 0.0812. The number of β-amino-alcohol motifs (C(OH)–C–C–N with tert-alkyl or cyclic N) is 1. The molecule has 0 saturated carbocycles. The van der Waals surface area contributed by atoms with Crippen LogP contribution in [-0.2, 0) is 15.6 Å². The lowest BCUT2D eigenvalue weighted by molar-refractivity contribution is -0.110. The van der Waals surface area contributed by atoms with Gasteiger partial charge in [0.2, 0.25) is 0 Å². The van der Waals surface area contributed by atoms with E-state index in [9.17, 15) is 18.3 Å². The van der Waals surface area contributed by atoms with Gasteiger partial charge in [-0.15, -0.1) is 0 Å². The van der Waals surface area contributed by atoms with E-state index in [0.717, 1.165) is 5.39 Å². The molecule has 7 heteroatoms. The third kappa shape index (κ3) is 3.70. The van der Waals surface area contributed by atoms with Crippen molar-refractivity contribution in [2.24, 2.45) is 5.92 Å². The average molecular weight is 425 g/mol. The van der Waals surface area contributed by atoms with E-state index >= 15 is 0 Å². The van der Waals surface area contributed by atoms with Crippen molar-refractivity contribution in [3.63, 3.8) is 0 Å². The van der Waals surface area contributed by atoms with Crippen LogP contribution in [0, 0.1) is 5.92 Å². The number of amides is 1. The number of hydrogen-bond acceptors (Lipinski definition) is 5. The Kier molecular flexibility index (Phi) is 5.11. The molecule has 1 saturated heterocycles. The average Bonchev–Trinajstić information content (AvgIpc) is 2.70. The zero-order valence-electron chi connectivity index (χ0n) is 16.9. The smallest absolute Gasteiger partial charge is 0.254 e. The zero-order valence-corrected chi connectivity index (χ0v) is 17.8. The largest absolute Gasteiger partial charge is 0.386 e. The van der Waals surface area contributed by atoms with Crippen molar-refractivity contribution in [3.8, 4) is 0 Å². The molecule has 1 aromatic heterocycles. The molecule has 1 aliphatic heterocycles. The number of carbonyl (C=O) groups excluding carboxylic acids is 1. The van der Waals surface area contributed by atoms with Gasteiger partial charge in [0.1, 0.15) is 5.60 Å². The summed E-state index contributed by atoms with van der Waals surface area (Å²) >= 11 is 0. The molecule has 1 aliphatic rings. The van der Waals surface area contributed by atoms with Gasteiger partial charge < -0.3 is 10.0 Å². The highest BCUT2D eigenvalue weighted by molar-refractivity contribution is 7.90. The Morgan fingerprint density at radius 3 is 2.43 bits per heavy atom. The highest BCUT2D eigenvalue weighted by Gasteiger charge is 2.45. The third-order valence-corrected chi connectivity index (χ3v) is 7.49. The molecule has 2 aromatic carbocycles. The van der Waals surface area contributed by atoms with Gasteiger partial charge in [0.25, 0.3) is 5.91 Å². The van der Waals surface area contributed by atoms with Gasteiger partial charge >= 0.3 is 0 Å². The normalized spacial score (nSPS) is 15.9. The number of benzene rings is 2. The predicted octanol–water partition coefficient (Wildman–Crippen LogP) is 3.05. The minimum atomic E-state index is -3.60. The van der Waals surface area contributed by atoms with Crippen LogP contribution in [0.4, 0.5) is 0 Å². The second-order valence-corrected chi connectivity index (χ2v) is 10.2. The predicted molar refractivity (Wildman–Crippen MR) is 115 cm³/mol. The summed E-state index contributed by atoms with van der Waals surface area (Å²) in [5.41, 5.74) is 0.716. The Bertz CT molecular complexity index is 1190. The van der Waals surface area contributed by atoms with Crippen molar-refractivity contribution in [2.45, 2.75) is 30.1 Å². The van der Waals surface area contributed by atoms with Gasteiger partial charge in [-0.3, -0.25) is 9.78 Å². The van der Waals surface area contributed by atoms with Gasteiger partial charge in [-0.1, -0.05) is 44.2 Å². The third-order valence-electron chi connectivity index (χ3n) is 5.78. The Morgan fingerprint density at radius 1 is 1.10 bits per heavy atom. The Labute approximate surface area is 176 Å². The van der Waals surface area contributed by atoms with Crippen LogP contribution in [0.3, 0.4) is 0 Å². The number of fused-ring (bicyclic) bond motifs is 1. The lowest BCUT2D eigenvalue weighted by atomic mass is 9.82. The standard InChI is InChI=1S/C23H24N2O4S/c1-16(2)23(27)14-25(15-23)22(26)19-10-8-17(9-11-19)13-30(28,29)20-7-3-5-18-6-4-12-24-21(18)20/h3-12,16,27H,13-15H2,1-2H3. The summed E-state index contributed by atoms with van der Waals surface area (Å²) in [5, 5.41) is 11.1. The maximum Gasteiger partial charge on any atom is 0.254 e. The fourth-order valence-corrected chi connectivity index (χ4v) is 5.21. The molecule has 0 radical (unpaired) electrons. The summed E-state index contributed by atoms with van der Waals surface area (Å²) in [6.45, 7) is 4.49. The molecular formula is C23H24N2O4S. The first-order chi connectivity index (χ1) is 14.2. The van der Waals surface area contributed by atoms with Crippen molar-refractivity contribution in [1.82, 2.24) is 9.88 Å². The molecule has 0 atom stereocenters. The van der Waals surface area contributed by atoms with Crippen LogP contribution >= 0.6 is 0 Å². The first-order valence-electron chi connectivity index (χ1n) is 9.87. The molecule has 0 spiro atoms. The molecule has 6 nitrogen and oxygen atoms in total. The van der Waals surface area contributed by atoms with Crippen molar-refractivity contribution in [2.75, 3.05) is 13.1 Å². The molecule has 0 unspecified atom stereocenters. The number of likely N-dealkylation sites (tertiary alicyclic amines) is 1. The number of aliphatic hydroxyl groups is 1. The van der Waals surface area contributed by atoms with E-state index in [1.165, 1.54) is 0 Å². The van der Waals surface area contributed by atoms with Gasteiger partial charge in [0.15, 0.2) is 9.84 Å². The zero-order chi connectivity index (χ0) is 21.5. The van der Waals surface area contributed by atoms with Crippen LogP contribution in [0.15, 0.2) is 65.7 Å². The first kappa shape index (κ1) is 20.5. The summed E-state index contributed by atoms with van der Waals surface area (Å²) in [7, 11) is -3.60. The van der Waals surface area contributed by atoms with Crippen LogP contribution in [-0.4, -0.2) is 48.0 Å². The van der Waals surface area contributed by atoms with E-state index < -0.39 is 15.4 Å². The number of pyridine rings is 1. The van der Waals surface area contributed by atoms with E-state index in [4.69, 9.17) is 0 Å². The van der Waals surface area contributed by atoms with Crippen LogP contribution < -0.4 is 0 Å². The number of carbonyl (C=O) groups is 1. The molecule has 0 bridgehead atoms. The summed E-state index contributed by atoms with van der Waals surface area (Å²) in [6, 6.07) is 15.3. The van der Waals surface area contributed by atoms with Crippen molar-refractivity contribution in [1.29, 1.82) is 0 Å². The highest BCUT2D eigenvalue weighted by Crippen LogP contribution is 2.30. The van der Waals surface area contributed by atoms with Crippen molar-refractivity contribution >= 4 is 26.6 Å². The number of nitrogens with zero attached hydrogens (tertiary/aromatic N) is 2. The summed E-state index contributed by atoms with van der Waals surface area (Å²) < 4.78 is 26.0. The molecular weight excluding hydrogens is 400 g/mol. The molecule has 0 aliphatic carbocycles. The van der Waals surface area contributed by atoms with Gasteiger partial charge in [0.05, 0.1) is 29.3 Å². The minimum Gasteiger partial charge on any atom is -0.386 e. The van der Waals surface area contributed by atoms with Crippen molar-refractivity contribution < 1.29 is 18.3 Å². The van der Waals surface area contributed by atoms with Crippen LogP contribution in [0.25, 0.3) is 10.9 Å². The number of rotatable bonds is 5. The van der Waals surface area contributed by atoms with Crippen molar-refractivity contribution in [3.05, 3.63) is 71.9 Å². The van der Waals surface area contributed by atoms with Crippen LogP contribution in [0.1, 0.15) is 29.8 Å². The molecule has 4 rings (SSSR count). The highest BCUT2D eigenvalue weighted by atomic mass is 32.2. The quantitative estimate of drug-likeness (QED) is 0.680. The molecule has 30 heavy (non-hydrogen) atoms. The van der Waals surface area contributed by atoms with Gasteiger partial charge in [-0.2, -0.15) is 0 Å². The SMILES string of the molecule is CC(C)C1(O)CN(C(=O)c2ccc(CS(=O)(=O)c3cccc4cccnc34)cc2)C1. The molecule has 1 fully saturated rings. The second-order valence-electron chi connectivity index (χ2n) is 8.21. The monoisotopic (exact) mass is 424 g/mol. The molecule has 1 amide bonds. The second kappa shape index (κ2) is 7.49. The lowest BCUT2D eigenvalue weighted by Gasteiger charge is -2.49. The number of sulfone groups is 1. The van der Waals surface area contributed by atoms with E-state index in [0.29, 0.717) is 29.7 Å². The number of aromatic nitrogens is 1. The maximum atomic E-state index is 13.0. The Morgan fingerprint density at radius 2 is 1.77 bits per heavy atom. The number of hydrogen-bond donors (Lipinski definition) is 1. The van der Waals surface area contributed by atoms with Gasteiger partial charge in [-0.25, -0.2) is 8.42 Å². The first-order valence-corrected chi connectivity index (χ1v) is 11.5. The van der Waals surface area contributed by atoms with Crippen LogP contribution in [0.2, 0.25) is 0 Å². The van der Waals surface area contributed by atoms with Gasteiger partial charge in [0, 0.05) is 17.1 Å². The molecule has 1 N–H and O–H groups in total. The molecule has 156 valence electrons. The lowest BCUT2D eigenvalue weighted by Crippen LogP contribution is -2.65. The fourth-order valence-electron chi connectivity index (χ4n) is 3.67. The summed E-state index contributed by atoms with van der Waals surface area (Å²) in [4.78, 5) is 18.6. The Balaban J connectivity index is 1.50. The molecule has 2 heterocycles. The fraction of sp³-hybridized carbons (Fsp3) is 0.304. The molecule has 3 aromatic rings. The van der Waals surface area contributed by atoms with E-state index in [2.05, 4.69) is 4.98 Å². The topological polar surface area (TPSA) is 87.6 Å². The summed E-state index contributed by atoms with van der Waals surface area (Å²) in [5.74, 6) is -0.251.